The van der Waals surface area contributed by atoms with Crippen molar-refractivity contribution >= 4 is 21.7 Å². The van der Waals surface area contributed by atoms with Crippen LogP contribution in [0.2, 0.25) is 0 Å². The second-order valence-corrected chi connectivity index (χ2v) is 5.49. The summed E-state index contributed by atoms with van der Waals surface area (Å²) in [5, 5.41) is 0. The number of pyridine rings is 1. The van der Waals surface area contributed by atoms with Crippen molar-refractivity contribution in [3.05, 3.63) is 22.3 Å². The molecule has 0 spiro atoms. The minimum absolute atomic E-state index is 0.749. The Hall–Kier alpha value is -0.570. The summed E-state index contributed by atoms with van der Waals surface area (Å²) in [5.41, 5.74) is 1.28. The van der Waals surface area contributed by atoms with Crippen LogP contribution in [-0.4, -0.2) is 17.6 Å². The molecule has 0 saturated heterocycles. The van der Waals surface area contributed by atoms with Crippen molar-refractivity contribution in [3.8, 4) is 0 Å². The monoisotopic (exact) mass is 282 g/mol. The van der Waals surface area contributed by atoms with Gasteiger partial charge in [0.1, 0.15) is 5.82 Å². The summed E-state index contributed by atoms with van der Waals surface area (Å²) >= 11 is 3.47. The average Bonchev–Trinajstić information content (AvgIpc) is 3.05. The van der Waals surface area contributed by atoms with Gasteiger partial charge in [0.25, 0.3) is 0 Å². The Morgan fingerprint density at radius 2 is 2.25 bits per heavy atom. The van der Waals surface area contributed by atoms with E-state index in [0.29, 0.717) is 0 Å². The van der Waals surface area contributed by atoms with E-state index in [0.717, 1.165) is 17.1 Å². The topological polar surface area (TPSA) is 16.1 Å². The standard InChI is InChI=1S/C13H19BrN2/c1-3-4-7-16(12-5-6-12)13-10(2)8-11(14)9-15-13/h8-9,12H,3-7H2,1-2H3. The van der Waals surface area contributed by atoms with Gasteiger partial charge in [-0.3, -0.25) is 0 Å². The summed E-state index contributed by atoms with van der Waals surface area (Å²) < 4.78 is 1.07. The highest BCUT2D eigenvalue weighted by Crippen LogP contribution is 2.33. The fourth-order valence-electron chi connectivity index (χ4n) is 2.01. The smallest absolute Gasteiger partial charge is 0.131 e. The van der Waals surface area contributed by atoms with Crippen LogP contribution in [0.15, 0.2) is 16.7 Å². The SMILES string of the molecule is CCCCN(c1ncc(Br)cc1C)C1CC1. The van der Waals surface area contributed by atoms with E-state index in [4.69, 9.17) is 0 Å². The first kappa shape index (κ1) is 11.9. The molecule has 0 N–H and O–H groups in total. The highest BCUT2D eigenvalue weighted by molar-refractivity contribution is 9.10. The van der Waals surface area contributed by atoms with Crippen LogP contribution in [-0.2, 0) is 0 Å². The van der Waals surface area contributed by atoms with Crippen LogP contribution >= 0.6 is 15.9 Å². The Bertz CT molecular complexity index is 361. The molecule has 0 aromatic carbocycles. The molecule has 0 radical (unpaired) electrons. The minimum atomic E-state index is 0.749. The number of halogens is 1. The molecule has 1 heterocycles. The van der Waals surface area contributed by atoms with E-state index in [9.17, 15) is 0 Å². The maximum atomic E-state index is 4.57. The van der Waals surface area contributed by atoms with Gasteiger partial charge in [-0.15, -0.1) is 0 Å². The van der Waals surface area contributed by atoms with Gasteiger partial charge in [-0.05, 0) is 53.7 Å². The van der Waals surface area contributed by atoms with Crippen LogP contribution in [0.3, 0.4) is 0 Å². The van der Waals surface area contributed by atoms with Crippen molar-refractivity contribution in [1.29, 1.82) is 0 Å². The van der Waals surface area contributed by atoms with Crippen molar-refractivity contribution in [1.82, 2.24) is 4.98 Å². The molecule has 2 nitrogen and oxygen atoms in total. The molecule has 2 rings (SSSR count). The van der Waals surface area contributed by atoms with Crippen molar-refractivity contribution in [2.75, 3.05) is 11.4 Å². The maximum absolute atomic E-state index is 4.57. The van der Waals surface area contributed by atoms with Crippen molar-refractivity contribution < 1.29 is 0 Å². The lowest BCUT2D eigenvalue weighted by atomic mass is 10.2. The number of nitrogens with zero attached hydrogens (tertiary/aromatic N) is 2. The molecule has 0 bridgehead atoms. The van der Waals surface area contributed by atoms with E-state index in [1.165, 1.54) is 37.1 Å². The van der Waals surface area contributed by atoms with E-state index < -0.39 is 0 Å². The average molecular weight is 283 g/mol. The van der Waals surface area contributed by atoms with Gasteiger partial charge in [-0.2, -0.15) is 0 Å². The van der Waals surface area contributed by atoms with Gasteiger partial charge in [0.15, 0.2) is 0 Å². The quantitative estimate of drug-likeness (QED) is 0.814. The molecule has 1 aliphatic rings. The molecule has 1 aromatic heterocycles. The van der Waals surface area contributed by atoms with Gasteiger partial charge >= 0.3 is 0 Å². The van der Waals surface area contributed by atoms with Crippen molar-refractivity contribution in [3.63, 3.8) is 0 Å². The zero-order valence-electron chi connectivity index (χ0n) is 10.0. The van der Waals surface area contributed by atoms with E-state index in [2.05, 4.69) is 45.7 Å². The largest absolute Gasteiger partial charge is 0.353 e. The predicted octanol–water partition coefficient (Wildman–Crippen LogP) is 3.92. The van der Waals surface area contributed by atoms with Gasteiger partial charge in [-0.1, -0.05) is 13.3 Å². The van der Waals surface area contributed by atoms with Crippen molar-refractivity contribution in [2.45, 2.75) is 45.6 Å². The third kappa shape index (κ3) is 2.76. The zero-order valence-corrected chi connectivity index (χ0v) is 11.6. The zero-order chi connectivity index (χ0) is 11.5. The first-order chi connectivity index (χ1) is 7.72. The molecule has 1 aliphatic carbocycles. The molecule has 0 amide bonds. The Balaban J connectivity index is 2.17. The lowest BCUT2D eigenvalue weighted by molar-refractivity contribution is 0.702. The highest BCUT2D eigenvalue weighted by atomic mass is 79.9. The summed E-state index contributed by atoms with van der Waals surface area (Å²) in [5.74, 6) is 1.18. The van der Waals surface area contributed by atoms with Gasteiger partial charge in [0.05, 0.1) is 0 Å². The first-order valence-electron chi connectivity index (χ1n) is 6.11. The second kappa shape index (κ2) is 5.17. The van der Waals surface area contributed by atoms with Crippen LogP contribution in [0, 0.1) is 6.92 Å². The van der Waals surface area contributed by atoms with Crippen LogP contribution < -0.4 is 4.90 Å². The molecular weight excluding hydrogens is 264 g/mol. The summed E-state index contributed by atoms with van der Waals surface area (Å²) in [6, 6.07) is 2.91. The van der Waals surface area contributed by atoms with E-state index in [-0.39, 0.29) is 0 Å². The molecular formula is C13H19BrN2. The lowest BCUT2D eigenvalue weighted by Crippen LogP contribution is -2.28. The molecule has 1 aromatic rings. The van der Waals surface area contributed by atoms with Gasteiger partial charge < -0.3 is 4.90 Å². The molecule has 16 heavy (non-hydrogen) atoms. The number of anilines is 1. The van der Waals surface area contributed by atoms with Gasteiger partial charge in [0, 0.05) is 23.3 Å². The van der Waals surface area contributed by atoms with Crippen LogP contribution in [0.25, 0.3) is 0 Å². The number of hydrogen-bond donors (Lipinski definition) is 0. The fraction of sp³-hybridized carbons (Fsp3) is 0.615. The van der Waals surface area contributed by atoms with Crippen LogP contribution in [0.5, 0.6) is 0 Å². The van der Waals surface area contributed by atoms with Crippen LogP contribution in [0.1, 0.15) is 38.2 Å². The summed E-state index contributed by atoms with van der Waals surface area (Å²) in [7, 11) is 0. The molecule has 0 atom stereocenters. The molecule has 3 heteroatoms. The normalized spacial score (nSPS) is 15.2. The Labute approximate surface area is 106 Å². The number of rotatable bonds is 5. The Morgan fingerprint density at radius 1 is 1.50 bits per heavy atom. The van der Waals surface area contributed by atoms with E-state index in [1.54, 1.807) is 0 Å². The number of hydrogen-bond acceptors (Lipinski definition) is 2. The van der Waals surface area contributed by atoms with E-state index in [1.807, 2.05) is 6.20 Å². The summed E-state index contributed by atoms with van der Waals surface area (Å²) in [6.07, 6.45) is 7.08. The first-order valence-corrected chi connectivity index (χ1v) is 6.90. The fourth-order valence-corrected chi connectivity index (χ4v) is 2.46. The second-order valence-electron chi connectivity index (χ2n) is 4.57. The number of aromatic nitrogens is 1. The molecule has 0 aliphatic heterocycles. The van der Waals surface area contributed by atoms with Gasteiger partial charge in [-0.25, -0.2) is 4.98 Å². The lowest BCUT2D eigenvalue weighted by Gasteiger charge is -2.25. The summed E-state index contributed by atoms with van der Waals surface area (Å²) in [6.45, 7) is 5.54. The molecule has 0 unspecified atom stereocenters. The predicted molar refractivity (Wildman–Crippen MR) is 72.0 cm³/mol. The highest BCUT2D eigenvalue weighted by Gasteiger charge is 2.30. The maximum Gasteiger partial charge on any atom is 0.131 e. The molecule has 1 saturated carbocycles. The Kier molecular flexibility index (Phi) is 3.85. The van der Waals surface area contributed by atoms with Gasteiger partial charge in [0.2, 0.25) is 0 Å². The minimum Gasteiger partial charge on any atom is -0.353 e. The third-order valence-corrected chi connectivity index (χ3v) is 3.46. The third-order valence-electron chi connectivity index (χ3n) is 3.03. The number of aryl methyl sites for hydroxylation is 1. The Morgan fingerprint density at radius 3 is 2.81 bits per heavy atom. The number of unbranched alkanes of at least 4 members (excludes halogenated alkanes) is 1. The molecule has 1 fully saturated rings. The van der Waals surface area contributed by atoms with E-state index >= 15 is 0 Å². The van der Waals surface area contributed by atoms with Crippen molar-refractivity contribution in [2.24, 2.45) is 0 Å². The van der Waals surface area contributed by atoms with Crippen LogP contribution in [0.4, 0.5) is 5.82 Å². The summed E-state index contributed by atoms with van der Waals surface area (Å²) in [4.78, 5) is 7.06. The molecule has 88 valence electrons.